The van der Waals surface area contributed by atoms with Crippen molar-refractivity contribution in [2.24, 2.45) is 0 Å². The van der Waals surface area contributed by atoms with Crippen LogP contribution >= 0.6 is 0 Å². The maximum Gasteiger partial charge on any atom is 0.129 e. The number of anilines is 2. The third-order valence-electron chi connectivity index (χ3n) is 5.08. The molecule has 4 rings (SSSR count). The van der Waals surface area contributed by atoms with Crippen LogP contribution < -0.4 is 20.1 Å². The molecule has 2 aliphatic heterocycles. The monoisotopic (exact) mass is 391 g/mol. The summed E-state index contributed by atoms with van der Waals surface area (Å²) < 4.78 is 6.32. The minimum absolute atomic E-state index is 0.0278. The van der Waals surface area contributed by atoms with Gasteiger partial charge in [0, 0.05) is 56.7 Å². The Kier molecular flexibility index (Phi) is 4.88. The van der Waals surface area contributed by atoms with E-state index >= 15 is 0 Å². The Morgan fingerprint density at radius 1 is 0.897 bits per heavy atom. The first-order valence-electron chi connectivity index (χ1n) is 9.84. The number of nitrogens with one attached hydrogen (secondary N) is 1. The van der Waals surface area contributed by atoms with Crippen molar-refractivity contribution in [1.29, 1.82) is 0 Å². The van der Waals surface area contributed by atoms with Crippen LogP contribution in [0.2, 0.25) is 0 Å². The first kappa shape index (κ1) is 19.2. The largest absolute Gasteiger partial charge is 0.457 e. The third-order valence-corrected chi connectivity index (χ3v) is 5.08. The molecule has 1 N–H and O–H groups in total. The molecule has 0 amide bonds. The predicted octanol–water partition coefficient (Wildman–Crippen LogP) is 4.60. The fourth-order valence-corrected chi connectivity index (χ4v) is 3.40. The van der Waals surface area contributed by atoms with Crippen LogP contribution in [0.5, 0.6) is 11.5 Å². The molecule has 2 aromatic carbocycles. The number of hydrazine groups is 2. The molecule has 0 bridgehead atoms. The average molecular weight is 392 g/mol. The van der Waals surface area contributed by atoms with Gasteiger partial charge >= 0.3 is 0 Å². The lowest BCUT2D eigenvalue weighted by Crippen LogP contribution is -2.37. The minimum Gasteiger partial charge on any atom is -0.457 e. The normalized spacial score (nSPS) is 16.7. The van der Waals surface area contributed by atoms with Crippen molar-refractivity contribution in [3.8, 4) is 11.5 Å². The quantitative estimate of drug-likeness (QED) is 0.821. The van der Waals surface area contributed by atoms with Crippen LogP contribution in [-0.2, 0) is 5.41 Å². The van der Waals surface area contributed by atoms with E-state index < -0.39 is 0 Å². The van der Waals surface area contributed by atoms with Gasteiger partial charge in [-0.25, -0.2) is 0 Å². The Labute approximate surface area is 173 Å². The molecule has 6 nitrogen and oxygen atoms in total. The summed E-state index contributed by atoms with van der Waals surface area (Å²) in [5.74, 6) is 1.65. The van der Waals surface area contributed by atoms with E-state index in [1.165, 1.54) is 5.56 Å². The summed E-state index contributed by atoms with van der Waals surface area (Å²) >= 11 is 0. The highest BCUT2D eigenvalue weighted by molar-refractivity contribution is 5.59. The number of benzene rings is 2. The smallest absolute Gasteiger partial charge is 0.129 e. The second-order valence-corrected chi connectivity index (χ2v) is 8.54. The molecule has 0 saturated carbocycles. The Bertz CT molecular complexity index is 947. The van der Waals surface area contributed by atoms with E-state index in [1.807, 2.05) is 47.8 Å². The van der Waals surface area contributed by atoms with Crippen LogP contribution in [-0.4, -0.2) is 30.8 Å². The van der Waals surface area contributed by atoms with Crippen LogP contribution in [0.1, 0.15) is 26.3 Å². The van der Waals surface area contributed by atoms with E-state index in [4.69, 9.17) is 4.74 Å². The van der Waals surface area contributed by atoms with Gasteiger partial charge in [0.05, 0.1) is 12.4 Å². The van der Waals surface area contributed by atoms with Crippen molar-refractivity contribution in [3.63, 3.8) is 0 Å². The van der Waals surface area contributed by atoms with E-state index in [0.29, 0.717) is 0 Å². The van der Waals surface area contributed by atoms with Crippen LogP contribution in [0.15, 0.2) is 67.3 Å². The Hall–Kier alpha value is -3.12. The molecule has 29 heavy (non-hydrogen) atoms. The lowest BCUT2D eigenvalue weighted by Gasteiger charge is -2.26. The summed E-state index contributed by atoms with van der Waals surface area (Å²) in [4.78, 5) is 4.38. The topological polar surface area (TPSA) is 34.2 Å². The average Bonchev–Trinajstić information content (AvgIpc) is 3.29. The second kappa shape index (κ2) is 7.37. The molecule has 0 fully saturated rings. The Morgan fingerprint density at radius 2 is 1.69 bits per heavy atom. The minimum atomic E-state index is 0.0278. The summed E-state index contributed by atoms with van der Waals surface area (Å²) in [6.07, 6.45) is 8.07. The fraction of sp³-hybridized carbons (Fsp3) is 0.304. The summed E-state index contributed by atoms with van der Waals surface area (Å²) in [7, 11) is 4.04. The molecular formula is C23H29N5O. The van der Waals surface area contributed by atoms with Crippen molar-refractivity contribution in [1.82, 2.24) is 15.4 Å². The summed E-state index contributed by atoms with van der Waals surface area (Å²) in [6, 6.07) is 14.6. The van der Waals surface area contributed by atoms with Gasteiger partial charge in [0.25, 0.3) is 0 Å². The number of hydrogen-bond donors (Lipinski definition) is 1. The van der Waals surface area contributed by atoms with E-state index in [1.54, 1.807) is 0 Å². The highest BCUT2D eigenvalue weighted by atomic mass is 16.5. The second-order valence-electron chi connectivity index (χ2n) is 8.54. The SMILES string of the molecule is CN1C=CN(c2cc(Oc3cccc(N4C=CNN4C)c3)cc(C(C)(C)C)c2)C1. The standard InChI is InChI=1S/C23H29N5O/c1-23(2,3)18-13-20(27-12-11-25(4)17-27)16-22(14-18)29-21-8-6-7-19(15-21)28-10-9-24-26(28)5/h6-16,24H,17H2,1-5H3. The maximum absolute atomic E-state index is 6.32. The molecule has 2 heterocycles. The third kappa shape index (κ3) is 4.17. The van der Waals surface area contributed by atoms with Gasteiger partial charge < -0.3 is 20.0 Å². The molecule has 0 aliphatic carbocycles. The van der Waals surface area contributed by atoms with Gasteiger partial charge in [-0.05, 0) is 35.2 Å². The molecule has 2 aromatic rings. The predicted molar refractivity (Wildman–Crippen MR) is 118 cm³/mol. The summed E-state index contributed by atoms with van der Waals surface area (Å²) in [5, 5.41) is 3.93. The zero-order valence-corrected chi connectivity index (χ0v) is 17.8. The number of rotatable bonds is 4. The molecule has 0 radical (unpaired) electrons. The van der Waals surface area contributed by atoms with Gasteiger partial charge in [0.2, 0.25) is 0 Å². The van der Waals surface area contributed by atoms with Crippen LogP contribution in [0, 0.1) is 0 Å². The zero-order chi connectivity index (χ0) is 20.6. The van der Waals surface area contributed by atoms with Crippen molar-refractivity contribution in [3.05, 3.63) is 72.8 Å². The van der Waals surface area contributed by atoms with Gasteiger partial charge in [-0.3, -0.25) is 5.01 Å². The summed E-state index contributed by atoms with van der Waals surface area (Å²) in [5.41, 5.74) is 6.56. The maximum atomic E-state index is 6.32. The molecule has 0 aromatic heterocycles. The van der Waals surface area contributed by atoms with Crippen molar-refractivity contribution >= 4 is 11.4 Å². The molecule has 152 valence electrons. The summed E-state index contributed by atoms with van der Waals surface area (Å²) in [6.45, 7) is 7.52. The van der Waals surface area contributed by atoms with E-state index in [0.717, 1.165) is 29.5 Å². The van der Waals surface area contributed by atoms with Crippen LogP contribution in [0.25, 0.3) is 0 Å². The lowest BCUT2D eigenvalue weighted by molar-refractivity contribution is 0.302. The van der Waals surface area contributed by atoms with Gasteiger partial charge in [-0.1, -0.05) is 26.8 Å². The lowest BCUT2D eigenvalue weighted by atomic mass is 9.86. The zero-order valence-electron chi connectivity index (χ0n) is 17.8. The highest BCUT2D eigenvalue weighted by Gasteiger charge is 2.20. The Balaban J connectivity index is 1.64. The van der Waals surface area contributed by atoms with E-state index in [-0.39, 0.29) is 5.41 Å². The molecule has 2 aliphatic rings. The molecule has 0 spiro atoms. The van der Waals surface area contributed by atoms with E-state index in [9.17, 15) is 0 Å². The molecule has 6 heteroatoms. The van der Waals surface area contributed by atoms with Crippen LogP contribution in [0.3, 0.4) is 0 Å². The van der Waals surface area contributed by atoms with Gasteiger partial charge in [-0.15, -0.1) is 5.12 Å². The molecule has 0 atom stereocenters. The van der Waals surface area contributed by atoms with Crippen molar-refractivity contribution in [2.75, 3.05) is 30.7 Å². The van der Waals surface area contributed by atoms with Gasteiger partial charge in [0.15, 0.2) is 0 Å². The highest BCUT2D eigenvalue weighted by Crippen LogP contribution is 2.35. The van der Waals surface area contributed by atoms with E-state index in [2.05, 4.69) is 79.7 Å². The fourth-order valence-electron chi connectivity index (χ4n) is 3.40. The molecule has 0 unspecified atom stereocenters. The molecular weight excluding hydrogens is 362 g/mol. The van der Waals surface area contributed by atoms with Crippen molar-refractivity contribution < 1.29 is 4.74 Å². The van der Waals surface area contributed by atoms with Gasteiger partial charge in [-0.2, -0.15) is 0 Å². The number of hydrogen-bond acceptors (Lipinski definition) is 6. The first-order chi connectivity index (χ1) is 13.8. The van der Waals surface area contributed by atoms with Gasteiger partial charge in [0.1, 0.15) is 11.5 Å². The van der Waals surface area contributed by atoms with Crippen LogP contribution in [0.4, 0.5) is 11.4 Å². The Morgan fingerprint density at radius 3 is 2.34 bits per heavy atom. The number of nitrogens with zero attached hydrogens (tertiary/aromatic N) is 4. The number of ether oxygens (including phenoxy) is 1. The molecule has 0 saturated heterocycles. The van der Waals surface area contributed by atoms with Crippen molar-refractivity contribution in [2.45, 2.75) is 26.2 Å². The first-order valence-corrected chi connectivity index (χ1v) is 9.84.